The highest BCUT2D eigenvalue weighted by molar-refractivity contribution is 7.89. The third kappa shape index (κ3) is 5.99. The summed E-state index contributed by atoms with van der Waals surface area (Å²) in [7, 11) is -3.68. The lowest BCUT2D eigenvalue weighted by atomic mass is 10.1. The lowest BCUT2D eigenvalue weighted by Gasteiger charge is -2.27. The average molecular weight is 474 g/mol. The molecule has 2 aromatic carbocycles. The molecule has 0 bridgehead atoms. The first-order chi connectivity index (χ1) is 15.9. The van der Waals surface area contributed by atoms with Crippen LogP contribution in [0.1, 0.15) is 27.0 Å². The van der Waals surface area contributed by atoms with Gasteiger partial charge in [0, 0.05) is 44.8 Å². The zero-order chi connectivity index (χ0) is 23.3. The fourth-order valence-electron chi connectivity index (χ4n) is 4.09. The van der Waals surface area contributed by atoms with E-state index < -0.39 is 10.0 Å². The second-order valence-corrected chi connectivity index (χ2v) is 10.3. The molecule has 178 valence electrons. The number of sulfonamides is 1. The highest BCUT2D eigenvalue weighted by atomic mass is 32.2. The number of carbonyl (C=O) groups is 1. The number of rotatable bonds is 7. The number of morpholine rings is 2. The Kier molecular flexibility index (Phi) is 7.77. The number of amides is 1. The van der Waals surface area contributed by atoms with Crippen molar-refractivity contribution in [3.05, 3.63) is 64.7 Å². The Bertz CT molecular complexity index is 1080. The Morgan fingerprint density at radius 2 is 1.61 bits per heavy atom. The van der Waals surface area contributed by atoms with E-state index in [9.17, 15) is 13.2 Å². The number of benzene rings is 2. The maximum atomic E-state index is 13.1. The summed E-state index contributed by atoms with van der Waals surface area (Å²) in [6.07, 6.45) is 0. The summed E-state index contributed by atoms with van der Waals surface area (Å²) in [4.78, 5) is 15.3. The normalized spacial score (nSPS) is 18.2. The van der Waals surface area contributed by atoms with Crippen LogP contribution in [0.4, 0.5) is 0 Å². The molecule has 2 fully saturated rings. The monoisotopic (exact) mass is 473 g/mol. The Hall–Kier alpha value is -2.30. The van der Waals surface area contributed by atoms with Crippen molar-refractivity contribution in [1.82, 2.24) is 14.5 Å². The van der Waals surface area contributed by atoms with Crippen molar-refractivity contribution in [2.24, 2.45) is 0 Å². The minimum absolute atomic E-state index is 0.171. The highest BCUT2D eigenvalue weighted by Crippen LogP contribution is 2.22. The van der Waals surface area contributed by atoms with Crippen LogP contribution in [0.15, 0.2) is 47.4 Å². The van der Waals surface area contributed by atoms with E-state index in [1.54, 1.807) is 19.1 Å². The van der Waals surface area contributed by atoms with Gasteiger partial charge >= 0.3 is 0 Å². The first-order valence-corrected chi connectivity index (χ1v) is 12.7. The molecule has 0 spiro atoms. The largest absolute Gasteiger partial charge is 0.379 e. The van der Waals surface area contributed by atoms with Gasteiger partial charge in [-0.15, -0.1) is 0 Å². The second-order valence-electron chi connectivity index (χ2n) is 8.39. The fraction of sp³-hybridized carbons (Fsp3) is 0.458. The zero-order valence-electron chi connectivity index (χ0n) is 19.0. The van der Waals surface area contributed by atoms with Crippen LogP contribution in [0, 0.1) is 6.92 Å². The number of ether oxygens (including phenoxy) is 2. The van der Waals surface area contributed by atoms with Gasteiger partial charge in [-0.3, -0.25) is 9.69 Å². The molecule has 1 N–H and O–H groups in total. The quantitative estimate of drug-likeness (QED) is 0.660. The van der Waals surface area contributed by atoms with Crippen molar-refractivity contribution >= 4 is 15.9 Å². The molecule has 0 saturated carbocycles. The van der Waals surface area contributed by atoms with Gasteiger partial charge in [0.25, 0.3) is 5.91 Å². The Morgan fingerprint density at radius 1 is 0.939 bits per heavy atom. The summed E-state index contributed by atoms with van der Waals surface area (Å²) in [6, 6.07) is 13.0. The van der Waals surface area contributed by atoms with Gasteiger partial charge in [0.2, 0.25) is 10.0 Å². The predicted octanol–water partition coefficient (Wildman–Crippen LogP) is 1.78. The van der Waals surface area contributed by atoms with E-state index >= 15 is 0 Å². The molecule has 2 aromatic rings. The van der Waals surface area contributed by atoms with Crippen molar-refractivity contribution in [2.45, 2.75) is 24.9 Å². The Balaban J connectivity index is 1.42. The summed E-state index contributed by atoms with van der Waals surface area (Å²) in [5.41, 5.74) is 3.14. The third-order valence-electron chi connectivity index (χ3n) is 5.99. The van der Waals surface area contributed by atoms with Crippen molar-refractivity contribution in [2.75, 3.05) is 52.6 Å². The standard InChI is InChI=1S/C24H31N3O5S/c1-19-5-6-22(16-23(19)33(29,30)27-9-13-32-14-10-27)24(28)25-17-20-3-2-4-21(15-20)18-26-7-11-31-12-8-26/h2-6,15-16H,7-14,17-18H2,1H3,(H,25,28). The average Bonchev–Trinajstić information content (AvgIpc) is 2.84. The molecule has 0 aliphatic carbocycles. The zero-order valence-corrected chi connectivity index (χ0v) is 19.8. The minimum atomic E-state index is -3.68. The maximum Gasteiger partial charge on any atom is 0.251 e. The van der Waals surface area contributed by atoms with Gasteiger partial charge in [0.1, 0.15) is 0 Å². The molecule has 0 radical (unpaired) electrons. The van der Waals surface area contributed by atoms with Crippen molar-refractivity contribution in [3.63, 3.8) is 0 Å². The summed E-state index contributed by atoms with van der Waals surface area (Å²) in [5.74, 6) is -0.299. The minimum Gasteiger partial charge on any atom is -0.379 e. The predicted molar refractivity (Wildman–Crippen MR) is 124 cm³/mol. The molecule has 8 nitrogen and oxygen atoms in total. The van der Waals surface area contributed by atoms with Crippen LogP contribution in [-0.2, 0) is 32.6 Å². The fourth-order valence-corrected chi connectivity index (χ4v) is 5.74. The Morgan fingerprint density at radius 3 is 2.33 bits per heavy atom. The van der Waals surface area contributed by atoms with E-state index in [0.717, 1.165) is 38.4 Å². The second kappa shape index (κ2) is 10.8. The summed E-state index contributed by atoms with van der Waals surface area (Å²) < 4.78 is 38.3. The molecule has 2 aliphatic heterocycles. The van der Waals surface area contributed by atoms with Crippen LogP contribution >= 0.6 is 0 Å². The van der Waals surface area contributed by atoms with Gasteiger partial charge < -0.3 is 14.8 Å². The number of hydrogen-bond acceptors (Lipinski definition) is 6. The third-order valence-corrected chi connectivity index (χ3v) is 8.03. The number of nitrogens with zero attached hydrogens (tertiary/aromatic N) is 2. The molecule has 0 aromatic heterocycles. The molecule has 0 atom stereocenters. The summed E-state index contributed by atoms with van der Waals surface area (Å²) in [6.45, 7) is 7.72. The molecule has 0 unspecified atom stereocenters. The first kappa shape index (κ1) is 23.8. The van der Waals surface area contributed by atoms with E-state index in [1.165, 1.54) is 15.9 Å². The number of carbonyl (C=O) groups excluding carboxylic acids is 1. The van der Waals surface area contributed by atoms with Crippen LogP contribution in [-0.4, -0.2) is 76.1 Å². The van der Waals surface area contributed by atoms with Crippen LogP contribution in [0.5, 0.6) is 0 Å². The van der Waals surface area contributed by atoms with Gasteiger partial charge in [-0.2, -0.15) is 4.31 Å². The van der Waals surface area contributed by atoms with E-state index in [-0.39, 0.29) is 10.8 Å². The highest BCUT2D eigenvalue weighted by Gasteiger charge is 2.28. The summed E-state index contributed by atoms with van der Waals surface area (Å²) >= 11 is 0. The van der Waals surface area contributed by atoms with Gasteiger partial charge in [0.15, 0.2) is 0 Å². The van der Waals surface area contributed by atoms with Gasteiger partial charge in [0.05, 0.1) is 31.3 Å². The molecule has 2 heterocycles. The van der Waals surface area contributed by atoms with E-state index in [4.69, 9.17) is 9.47 Å². The molecular formula is C24H31N3O5S. The van der Waals surface area contributed by atoms with Crippen LogP contribution in [0.25, 0.3) is 0 Å². The van der Waals surface area contributed by atoms with E-state index in [1.807, 2.05) is 12.1 Å². The van der Waals surface area contributed by atoms with Gasteiger partial charge in [-0.05, 0) is 35.7 Å². The molecule has 9 heteroatoms. The van der Waals surface area contributed by atoms with Crippen LogP contribution in [0.3, 0.4) is 0 Å². The molecule has 4 rings (SSSR count). The summed E-state index contributed by atoms with van der Waals surface area (Å²) in [5, 5.41) is 2.92. The number of nitrogens with one attached hydrogen (secondary N) is 1. The number of aryl methyl sites for hydroxylation is 1. The molecule has 1 amide bonds. The topological polar surface area (TPSA) is 88.2 Å². The molecule has 2 aliphatic rings. The lowest BCUT2D eigenvalue weighted by Crippen LogP contribution is -2.41. The molecule has 2 saturated heterocycles. The maximum absolute atomic E-state index is 13.1. The van der Waals surface area contributed by atoms with Crippen molar-refractivity contribution in [3.8, 4) is 0 Å². The SMILES string of the molecule is Cc1ccc(C(=O)NCc2cccc(CN3CCOCC3)c2)cc1S(=O)(=O)N1CCOCC1. The lowest BCUT2D eigenvalue weighted by molar-refractivity contribution is 0.0342. The first-order valence-electron chi connectivity index (χ1n) is 11.3. The Labute approximate surface area is 195 Å². The van der Waals surface area contributed by atoms with Crippen molar-refractivity contribution < 1.29 is 22.7 Å². The van der Waals surface area contributed by atoms with E-state index in [0.29, 0.717) is 44.0 Å². The molecule has 33 heavy (non-hydrogen) atoms. The van der Waals surface area contributed by atoms with Gasteiger partial charge in [-0.25, -0.2) is 8.42 Å². The van der Waals surface area contributed by atoms with Crippen molar-refractivity contribution in [1.29, 1.82) is 0 Å². The van der Waals surface area contributed by atoms with Gasteiger partial charge in [-0.1, -0.05) is 30.3 Å². The molecular weight excluding hydrogens is 442 g/mol. The number of hydrogen-bond donors (Lipinski definition) is 1. The van der Waals surface area contributed by atoms with Crippen LogP contribution < -0.4 is 5.32 Å². The van der Waals surface area contributed by atoms with E-state index in [2.05, 4.69) is 22.3 Å². The van der Waals surface area contributed by atoms with Crippen LogP contribution in [0.2, 0.25) is 0 Å². The smallest absolute Gasteiger partial charge is 0.251 e.